The lowest BCUT2D eigenvalue weighted by Crippen LogP contribution is -2.10. The molecule has 0 saturated carbocycles. The maximum atomic E-state index is 10.2. The third kappa shape index (κ3) is 3.05. The Hall–Kier alpha value is -1.58. The van der Waals surface area contributed by atoms with Crippen LogP contribution in [0.15, 0.2) is 18.3 Å². The molecule has 1 heterocycles. The zero-order chi connectivity index (χ0) is 10.6. The third-order valence-electron chi connectivity index (χ3n) is 1.77. The van der Waals surface area contributed by atoms with Gasteiger partial charge in [0.05, 0.1) is 0 Å². The van der Waals surface area contributed by atoms with Crippen molar-refractivity contribution in [3.63, 3.8) is 0 Å². The number of carbonyl (C=O) groups is 1. The lowest BCUT2D eigenvalue weighted by molar-refractivity contribution is -0.139. The van der Waals surface area contributed by atoms with Crippen molar-refractivity contribution in [1.29, 1.82) is 0 Å². The third-order valence-corrected chi connectivity index (χ3v) is 1.77. The van der Waals surface area contributed by atoms with Crippen molar-refractivity contribution in [3.8, 4) is 5.88 Å². The molecule has 0 fully saturated rings. The minimum Gasteiger partial charge on any atom is -0.479 e. The van der Waals surface area contributed by atoms with Crippen LogP contribution in [0.3, 0.4) is 0 Å². The first kappa shape index (κ1) is 10.5. The molecule has 0 radical (unpaired) electrons. The van der Waals surface area contributed by atoms with Crippen LogP contribution in [-0.4, -0.2) is 22.7 Å². The van der Waals surface area contributed by atoms with Gasteiger partial charge in [-0.3, -0.25) is 0 Å². The minimum absolute atomic E-state index is 0.344. The van der Waals surface area contributed by atoms with Crippen molar-refractivity contribution < 1.29 is 14.6 Å². The van der Waals surface area contributed by atoms with Gasteiger partial charge >= 0.3 is 5.97 Å². The molecule has 1 aromatic rings. The maximum absolute atomic E-state index is 10.2. The van der Waals surface area contributed by atoms with Crippen molar-refractivity contribution in [3.05, 3.63) is 23.9 Å². The molecule has 0 aliphatic carbocycles. The van der Waals surface area contributed by atoms with E-state index < -0.39 is 5.97 Å². The van der Waals surface area contributed by atoms with E-state index in [1.165, 1.54) is 0 Å². The fraction of sp³-hybridized carbons (Fsp3) is 0.400. The van der Waals surface area contributed by atoms with Crippen LogP contribution in [-0.2, 0) is 4.79 Å². The normalized spacial score (nSPS) is 10.2. The topological polar surface area (TPSA) is 59.4 Å². The highest BCUT2D eigenvalue weighted by molar-refractivity contribution is 5.68. The van der Waals surface area contributed by atoms with Gasteiger partial charge in [-0.2, -0.15) is 0 Å². The fourth-order valence-electron chi connectivity index (χ4n) is 0.954. The first-order valence-corrected chi connectivity index (χ1v) is 4.40. The van der Waals surface area contributed by atoms with E-state index in [0.717, 1.165) is 5.56 Å². The number of aliphatic carboxylic acids is 1. The molecule has 4 nitrogen and oxygen atoms in total. The van der Waals surface area contributed by atoms with Crippen LogP contribution in [0.25, 0.3) is 0 Å². The summed E-state index contributed by atoms with van der Waals surface area (Å²) in [6.07, 6.45) is 1.70. The Morgan fingerprint density at radius 2 is 2.29 bits per heavy atom. The molecule has 0 aliphatic heterocycles. The smallest absolute Gasteiger partial charge is 0.341 e. The van der Waals surface area contributed by atoms with Gasteiger partial charge in [0.15, 0.2) is 6.61 Å². The quantitative estimate of drug-likeness (QED) is 0.793. The summed E-state index contributed by atoms with van der Waals surface area (Å²) >= 11 is 0. The monoisotopic (exact) mass is 195 g/mol. The molecular weight excluding hydrogens is 182 g/mol. The summed E-state index contributed by atoms with van der Waals surface area (Å²) in [5.74, 6) is -0.243. The molecule has 0 aliphatic rings. The average molecular weight is 195 g/mol. The van der Waals surface area contributed by atoms with E-state index >= 15 is 0 Å². The molecule has 76 valence electrons. The number of ether oxygens (including phenoxy) is 1. The van der Waals surface area contributed by atoms with Crippen LogP contribution in [0.1, 0.15) is 25.3 Å². The second kappa shape index (κ2) is 4.60. The van der Waals surface area contributed by atoms with Crippen molar-refractivity contribution in [2.45, 2.75) is 19.8 Å². The summed E-state index contributed by atoms with van der Waals surface area (Å²) in [5.41, 5.74) is 1.10. The molecule has 0 atom stereocenters. The van der Waals surface area contributed by atoms with E-state index in [1.807, 2.05) is 6.07 Å². The Labute approximate surface area is 82.5 Å². The lowest BCUT2D eigenvalue weighted by atomic mass is 10.1. The van der Waals surface area contributed by atoms with Gasteiger partial charge in [-0.05, 0) is 11.5 Å². The molecule has 1 rings (SSSR count). The second-order valence-corrected chi connectivity index (χ2v) is 3.27. The highest BCUT2D eigenvalue weighted by Crippen LogP contribution is 2.15. The predicted molar refractivity (Wildman–Crippen MR) is 51.5 cm³/mol. The Kier molecular flexibility index (Phi) is 3.45. The molecule has 0 amide bonds. The van der Waals surface area contributed by atoms with Gasteiger partial charge in [0.25, 0.3) is 0 Å². The minimum atomic E-state index is -1.00. The van der Waals surface area contributed by atoms with Gasteiger partial charge in [-0.15, -0.1) is 0 Å². The second-order valence-electron chi connectivity index (χ2n) is 3.27. The Balaban J connectivity index is 2.59. The molecule has 0 bridgehead atoms. The van der Waals surface area contributed by atoms with E-state index in [2.05, 4.69) is 18.8 Å². The number of rotatable bonds is 4. The Bertz CT molecular complexity index is 306. The summed E-state index contributed by atoms with van der Waals surface area (Å²) in [7, 11) is 0. The molecule has 0 spiro atoms. The van der Waals surface area contributed by atoms with Crippen LogP contribution >= 0.6 is 0 Å². The van der Waals surface area contributed by atoms with Gasteiger partial charge in [0.2, 0.25) is 5.88 Å². The number of aromatic nitrogens is 1. The van der Waals surface area contributed by atoms with E-state index in [-0.39, 0.29) is 6.61 Å². The Morgan fingerprint density at radius 1 is 1.57 bits per heavy atom. The Morgan fingerprint density at radius 3 is 2.71 bits per heavy atom. The highest BCUT2D eigenvalue weighted by atomic mass is 16.5. The van der Waals surface area contributed by atoms with Gasteiger partial charge in [-0.1, -0.05) is 19.9 Å². The number of hydrogen-bond donors (Lipinski definition) is 1. The van der Waals surface area contributed by atoms with Crippen molar-refractivity contribution >= 4 is 5.97 Å². The van der Waals surface area contributed by atoms with Crippen molar-refractivity contribution in [2.75, 3.05) is 6.61 Å². The predicted octanol–water partition coefficient (Wildman–Crippen LogP) is 1.67. The zero-order valence-corrected chi connectivity index (χ0v) is 8.23. The summed E-state index contributed by atoms with van der Waals surface area (Å²) < 4.78 is 4.89. The standard InChI is InChI=1S/C10H13NO3/c1-7(2)8-3-4-9(11-5-8)14-6-10(12)13/h3-5,7H,6H2,1-2H3,(H,12,13). The van der Waals surface area contributed by atoms with Crippen molar-refractivity contribution in [1.82, 2.24) is 4.98 Å². The first-order valence-electron chi connectivity index (χ1n) is 4.40. The number of carboxylic acid groups (broad SMARTS) is 1. The van der Waals surface area contributed by atoms with Crippen LogP contribution in [0.5, 0.6) is 5.88 Å². The van der Waals surface area contributed by atoms with Gasteiger partial charge < -0.3 is 9.84 Å². The molecule has 1 aromatic heterocycles. The van der Waals surface area contributed by atoms with E-state index in [0.29, 0.717) is 11.8 Å². The maximum Gasteiger partial charge on any atom is 0.341 e. The molecule has 1 N–H and O–H groups in total. The first-order chi connectivity index (χ1) is 6.59. The number of pyridine rings is 1. The number of carboxylic acids is 1. The molecule has 4 heteroatoms. The van der Waals surface area contributed by atoms with Crippen molar-refractivity contribution in [2.24, 2.45) is 0 Å². The SMILES string of the molecule is CC(C)c1ccc(OCC(=O)O)nc1. The van der Waals surface area contributed by atoms with Crippen LogP contribution in [0, 0.1) is 0 Å². The average Bonchev–Trinajstić information content (AvgIpc) is 2.15. The van der Waals surface area contributed by atoms with E-state index in [4.69, 9.17) is 9.84 Å². The van der Waals surface area contributed by atoms with E-state index in [9.17, 15) is 4.79 Å². The van der Waals surface area contributed by atoms with Crippen LogP contribution in [0.2, 0.25) is 0 Å². The van der Waals surface area contributed by atoms with Crippen LogP contribution < -0.4 is 4.74 Å². The molecule has 0 aromatic carbocycles. The molecule has 14 heavy (non-hydrogen) atoms. The summed E-state index contributed by atoms with van der Waals surface area (Å²) in [6, 6.07) is 3.56. The summed E-state index contributed by atoms with van der Waals surface area (Å²) in [6.45, 7) is 3.78. The molecular formula is C10H13NO3. The summed E-state index contributed by atoms with van der Waals surface area (Å²) in [4.78, 5) is 14.2. The van der Waals surface area contributed by atoms with E-state index in [1.54, 1.807) is 12.3 Å². The molecule has 0 saturated heterocycles. The fourth-order valence-corrected chi connectivity index (χ4v) is 0.954. The number of hydrogen-bond acceptors (Lipinski definition) is 3. The van der Waals surface area contributed by atoms with Crippen LogP contribution in [0.4, 0.5) is 0 Å². The lowest BCUT2D eigenvalue weighted by Gasteiger charge is -2.05. The highest BCUT2D eigenvalue weighted by Gasteiger charge is 2.02. The van der Waals surface area contributed by atoms with Gasteiger partial charge in [0.1, 0.15) is 0 Å². The van der Waals surface area contributed by atoms with Gasteiger partial charge in [-0.25, -0.2) is 9.78 Å². The number of nitrogens with zero attached hydrogens (tertiary/aromatic N) is 1. The zero-order valence-electron chi connectivity index (χ0n) is 8.23. The summed E-state index contributed by atoms with van der Waals surface area (Å²) in [5, 5.41) is 8.36. The molecule has 0 unspecified atom stereocenters. The van der Waals surface area contributed by atoms with Gasteiger partial charge in [0, 0.05) is 12.3 Å². The largest absolute Gasteiger partial charge is 0.479 e.